The summed E-state index contributed by atoms with van der Waals surface area (Å²) in [5.41, 5.74) is 0. The van der Waals surface area contributed by atoms with Crippen LogP contribution in [-0.4, -0.2) is 23.5 Å². The number of aliphatic hydroxyl groups is 1. The molecule has 3 heteroatoms. The fraction of sp³-hybridized carbons (Fsp3) is 1.00. The molecular weight excluding hydrogens is 387 g/mol. The SMILES string of the molecule is CCCCCCCCCCCCCCCCCCCCCCC[P](=O)CCC(C)O. The lowest BCUT2D eigenvalue weighted by atomic mass is 10.0. The Morgan fingerprint density at radius 2 is 0.833 bits per heavy atom. The molecule has 0 aromatic carbocycles. The topological polar surface area (TPSA) is 37.3 Å². The molecule has 0 rings (SSSR count). The lowest BCUT2D eigenvalue weighted by molar-refractivity contribution is 0.191. The van der Waals surface area contributed by atoms with Gasteiger partial charge in [0.05, 0.1) is 13.9 Å². The average Bonchev–Trinajstić information content (AvgIpc) is 2.73. The summed E-state index contributed by atoms with van der Waals surface area (Å²) >= 11 is 0. The van der Waals surface area contributed by atoms with Gasteiger partial charge >= 0.3 is 0 Å². The second kappa shape index (κ2) is 25.3. The molecule has 0 heterocycles. The largest absolute Gasteiger partial charge is 0.393 e. The van der Waals surface area contributed by atoms with Crippen molar-refractivity contribution in [2.45, 2.75) is 161 Å². The van der Waals surface area contributed by atoms with Gasteiger partial charge in [0.1, 0.15) is 0 Å². The van der Waals surface area contributed by atoms with Crippen LogP contribution in [0.15, 0.2) is 0 Å². The van der Waals surface area contributed by atoms with Crippen LogP contribution in [0.5, 0.6) is 0 Å². The lowest BCUT2D eigenvalue weighted by Crippen LogP contribution is -2.00. The summed E-state index contributed by atoms with van der Waals surface area (Å²) in [6, 6.07) is 0. The summed E-state index contributed by atoms with van der Waals surface area (Å²) in [7, 11) is -1.07. The van der Waals surface area contributed by atoms with Gasteiger partial charge in [-0.05, 0) is 19.8 Å². The van der Waals surface area contributed by atoms with Gasteiger partial charge in [-0.1, -0.05) is 135 Å². The van der Waals surface area contributed by atoms with Crippen LogP contribution in [0.3, 0.4) is 0 Å². The van der Waals surface area contributed by atoms with Crippen molar-refractivity contribution in [3.63, 3.8) is 0 Å². The van der Waals surface area contributed by atoms with Crippen molar-refractivity contribution in [3.8, 4) is 0 Å². The van der Waals surface area contributed by atoms with E-state index in [0.717, 1.165) is 12.6 Å². The standard InChI is InChI=1S/C27H56O2P/c1-3-4-5-6-7-8-9-10-11-12-13-14-15-16-17-18-19-20-21-22-23-25-30(29)26-24-27(2)28/h27-28H,3-26H2,1-2H3. The number of unbranched alkanes of at least 4 members (excludes halogenated alkanes) is 20. The van der Waals surface area contributed by atoms with E-state index in [1.807, 2.05) is 0 Å². The van der Waals surface area contributed by atoms with Crippen molar-refractivity contribution in [2.24, 2.45) is 0 Å². The predicted molar refractivity (Wildman–Crippen MR) is 136 cm³/mol. The zero-order chi connectivity index (χ0) is 22.1. The normalized spacial score (nSPS) is 13.0. The molecule has 30 heavy (non-hydrogen) atoms. The third-order valence-electron chi connectivity index (χ3n) is 6.31. The zero-order valence-corrected chi connectivity index (χ0v) is 21.7. The first-order chi connectivity index (χ1) is 14.7. The van der Waals surface area contributed by atoms with Crippen molar-refractivity contribution in [1.82, 2.24) is 0 Å². The highest BCUT2D eigenvalue weighted by atomic mass is 31.1. The summed E-state index contributed by atoms with van der Waals surface area (Å²) in [6.07, 6.45) is 31.4. The number of hydrogen-bond acceptors (Lipinski definition) is 2. The van der Waals surface area contributed by atoms with Gasteiger partial charge in [0.2, 0.25) is 0 Å². The molecule has 181 valence electrons. The highest BCUT2D eigenvalue weighted by molar-refractivity contribution is 7.44. The van der Waals surface area contributed by atoms with Crippen molar-refractivity contribution in [1.29, 1.82) is 0 Å². The molecule has 2 atom stereocenters. The molecule has 1 radical (unpaired) electrons. The first-order valence-corrected chi connectivity index (χ1v) is 15.4. The van der Waals surface area contributed by atoms with Crippen LogP contribution in [-0.2, 0) is 4.57 Å². The van der Waals surface area contributed by atoms with Crippen LogP contribution in [0.25, 0.3) is 0 Å². The van der Waals surface area contributed by atoms with E-state index in [0.29, 0.717) is 12.6 Å². The first-order valence-electron chi connectivity index (χ1n) is 13.8. The van der Waals surface area contributed by atoms with Crippen LogP contribution in [0.4, 0.5) is 0 Å². The molecule has 0 saturated heterocycles. The fourth-order valence-electron chi connectivity index (χ4n) is 4.16. The van der Waals surface area contributed by atoms with E-state index in [2.05, 4.69) is 6.92 Å². The molecule has 0 saturated carbocycles. The molecule has 0 aliphatic rings. The molecule has 0 bridgehead atoms. The van der Waals surface area contributed by atoms with E-state index in [1.54, 1.807) is 6.92 Å². The van der Waals surface area contributed by atoms with Crippen molar-refractivity contribution in [3.05, 3.63) is 0 Å². The van der Waals surface area contributed by atoms with Gasteiger partial charge in [0, 0.05) is 12.3 Å². The summed E-state index contributed by atoms with van der Waals surface area (Å²) in [4.78, 5) is 0. The average molecular weight is 444 g/mol. The Hall–Kier alpha value is 0.0600. The van der Waals surface area contributed by atoms with E-state index in [4.69, 9.17) is 0 Å². The quantitative estimate of drug-likeness (QED) is 0.113. The number of rotatable bonds is 25. The van der Waals surface area contributed by atoms with Gasteiger partial charge in [0.25, 0.3) is 0 Å². The van der Waals surface area contributed by atoms with Crippen molar-refractivity contribution in [2.75, 3.05) is 12.3 Å². The second-order valence-corrected chi connectivity index (χ2v) is 11.5. The van der Waals surface area contributed by atoms with E-state index < -0.39 is 7.80 Å². The minimum Gasteiger partial charge on any atom is -0.393 e. The highest BCUT2D eigenvalue weighted by Crippen LogP contribution is 2.24. The molecule has 1 N–H and O–H groups in total. The fourth-order valence-corrected chi connectivity index (χ4v) is 5.62. The zero-order valence-electron chi connectivity index (χ0n) is 20.9. The molecule has 0 amide bonds. The Bertz CT molecular complexity index is 344. The van der Waals surface area contributed by atoms with Crippen molar-refractivity contribution < 1.29 is 9.67 Å². The number of aliphatic hydroxyl groups excluding tert-OH is 1. The molecule has 0 fully saturated rings. The number of hydrogen-bond donors (Lipinski definition) is 1. The summed E-state index contributed by atoms with van der Waals surface area (Å²) in [5.74, 6) is 0. The predicted octanol–water partition coefficient (Wildman–Crippen LogP) is 9.80. The summed E-state index contributed by atoms with van der Waals surface area (Å²) in [5, 5.41) is 9.22. The van der Waals surface area contributed by atoms with E-state index in [1.165, 1.54) is 128 Å². The van der Waals surface area contributed by atoms with Gasteiger partial charge < -0.3 is 5.11 Å². The summed E-state index contributed by atoms with van der Waals surface area (Å²) < 4.78 is 11.8. The molecule has 2 nitrogen and oxygen atoms in total. The summed E-state index contributed by atoms with van der Waals surface area (Å²) in [6.45, 7) is 4.07. The monoisotopic (exact) mass is 443 g/mol. The molecule has 0 spiro atoms. The molecule has 2 unspecified atom stereocenters. The maximum atomic E-state index is 11.8. The maximum Gasteiger partial charge on any atom is 0.0719 e. The van der Waals surface area contributed by atoms with E-state index >= 15 is 0 Å². The van der Waals surface area contributed by atoms with Crippen LogP contribution >= 0.6 is 7.80 Å². The molecule has 0 aliphatic heterocycles. The highest BCUT2D eigenvalue weighted by Gasteiger charge is 2.03. The Balaban J connectivity index is 3.07. The molecule has 0 aromatic heterocycles. The minimum absolute atomic E-state index is 0.302. The Kier molecular flexibility index (Phi) is 25.4. The Morgan fingerprint density at radius 1 is 0.533 bits per heavy atom. The third-order valence-corrected chi connectivity index (χ3v) is 7.88. The third kappa shape index (κ3) is 26.1. The van der Waals surface area contributed by atoms with Crippen molar-refractivity contribution >= 4 is 7.80 Å². The first kappa shape index (κ1) is 30.1. The molecular formula is C27H56O2P. The smallest absolute Gasteiger partial charge is 0.0719 e. The minimum atomic E-state index is -1.07. The molecule has 0 aromatic rings. The second-order valence-electron chi connectivity index (χ2n) is 9.64. The van der Waals surface area contributed by atoms with E-state index in [-0.39, 0.29) is 6.10 Å². The van der Waals surface area contributed by atoms with Gasteiger partial charge in [-0.3, -0.25) is 4.57 Å². The van der Waals surface area contributed by atoms with Gasteiger partial charge in [-0.25, -0.2) is 0 Å². The van der Waals surface area contributed by atoms with Crippen LogP contribution < -0.4 is 0 Å². The van der Waals surface area contributed by atoms with Crippen LogP contribution in [0.1, 0.15) is 155 Å². The van der Waals surface area contributed by atoms with Gasteiger partial charge in [-0.15, -0.1) is 0 Å². The lowest BCUT2D eigenvalue weighted by Gasteiger charge is -2.05. The van der Waals surface area contributed by atoms with Gasteiger partial charge in [0.15, 0.2) is 0 Å². The maximum absolute atomic E-state index is 11.8. The Morgan fingerprint density at radius 3 is 1.13 bits per heavy atom. The van der Waals surface area contributed by atoms with E-state index in [9.17, 15) is 9.67 Å². The van der Waals surface area contributed by atoms with Crippen LogP contribution in [0, 0.1) is 0 Å². The Labute approximate surface area is 191 Å². The van der Waals surface area contributed by atoms with Gasteiger partial charge in [-0.2, -0.15) is 0 Å². The van der Waals surface area contributed by atoms with Crippen LogP contribution in [0.2, 0.25) is 0 Å². The molecule has 0 aliphatic carbocycles.